The molecule has 2 bridgehead atoms. The smallest absolute Gasteiger partial charge is 0.250 e. The van der Waals surface area contributed by atoms with E-state index in [9.17, 15) is 9.90 Å². The van der Waals surface area contributed by atoms with Crippen LogP contribution < -0.4 is 25.9 Å². The number of fused-ring (bicyclic) bond motifs is 4. The van der Waals surface area contributed by atoms with Crippen molar-refractivity contribution in [3.8, 4) is 17.2 Å². The number of nitrogens with zero attached hydrogens (tertiary/aromatic N) is 2. The molecule has 0 radical (unpaired) electrons. The van der Waals surface area contributed by atoms with Gasteiger partial charge in [-0.25, -0.2) is 5.43 Å². The van der Waals surface area contributed by atoms with Crippen molar-refractivity contribution in [1.82, 2.24) is 20.3 Å². The van der Waals surface area contributed by atoms with Crippen molar-refractivity contribution in [2.75, 3.05) is 39.9 Å². The van der Waals surface area contributed by atoms with E-state index < -0.39 is 0 Å². The van der Waals surface area contributed by atoms with Crippen molar-refractivity contribution in [2.45, 2.75) is 30.8 Å². The van der Waals surface area contributed by atoms with Gasteiger partial charge in [0, 0.05) is 67.9 Å². The van der Waals surface area contributed by atoms with Gasteiger partial charge in [-0.3, -0.25) is 15.1 Å². The number of hydrogen-bond acceptors (Lipinski definition) is 7. The predicted molar refractivity (Wildman–Crippen MR) is 141 cm³/mol. The topological polar surface area (TPSA) is 88.0 Å². The Morgan fingerprint density at radius 1 is 1.03 bits per heavy atom. The molecule has 2 fully saturated rings. The summed E-state index contributed by atoms with van der Waals surface area (Å²) in [6.45, 7) is 4.88. The largest absolute Gasteiger partial charge is 0.507 e. The van der Waals surface area contributed by atoms with Crippen molar-refractivity contribution in [1.29, 1.82) is 0 Å². The number of hydrazine groups is 1. The molecule has 0 amide bonds. The molecule has 6 rings (SSSR count). The van der Waals surface area contributed by atoms with Gasteiger partial charge in [0.15, 0.2) is 0 Å². The summed E-state index contributed by atoms with van der Waals surface area (Å²) in [4.78, 5) is 14.7. The molecule has 4 atom stereocenters. The summed E-state index contributed by atoms with van der Waals surface area (Å²) in [5, 5.41) is 10.9. The molecule has 3 aliphatic heterocycles. The summed E-state index contributed by atoms with van der Waals surface area (Å²) < 4.78 is 13.3. The molecule has 0 aliphatic carbocycles. The first-order chi connectivity index (χ1) is 18.1. The minimum absolute atomic E-state index is 0.0504. The fourth-order valence-electron chi connectivity index (χ4n) is 6.30. The molecule has 3 aliphatic rings. The van der Waals surface area contributed by atoms with Gasteiger partial charge in [-0.05, 0) is 42.2 Å². The Labute approximate surface area is 216 Å². The van der Waals surface area contributed by atoms with Gasteiger partial charge in [0.05, 0.1) is 13.2 Å². The van der Waals surface area contributed by atoms with Crippen LogP contribution in [0, 0.1) is 5.92 Å². The molecule has 3 aromatic rings. The molecule has 8 heteroatoms. The third kappa shape index (κ3) is 4.84. The van der Waals surface area contributed by atoms with E-state index in [-0.39, 0.29) is 23.3 Å². The minimum Gasteiger partial charge on any atom is -0.507 e. The highest BCUT2D eigenvalue weighted by molar-refractivity contribution is 5.44. The van der Waals surface area contributed by atoms with Crippen molar-refractivity contribution < 1.29 is 14.6 Å². The number of ether oxygens (including phenoxy) is 2. The third-order valence-electron chi connectivity index (χ3n) is 8.09. The van der Waals surface area contributed by atoms with E-state index >= 15 is 0 Å². The van der Waals surface area contributed by atoms with Crippen LogP contribution in [-0.4, -0.2) is 54.5 Å². The summed E-state index contributed by atoms with van der Waals surface area (Å²) in [5.74, 6) is 2.81. The van der Waals surface area contributed by atoms with Gasteiger partial charge < -0.3 is 19.1 Å². The van der Waals surface area contributed by atoms with Gasteiger partial charge in [0.1, 0.15) is 23.9 Å². The standard InChI is InChI=1S/C29H34N4O4/c1-36-22-7-5-20(6-8-22)25-15-30-31-29(25)24-10-9-23(14-27(24)34)37-12-11-32-16-19-13-21(18-32)26-3-2-4-28(35)33(26)17-19/h2-10,14,19,21,25,29-31,34H,11-13,15-18H2,1H3. The highest BCUT2D eigenvalue weighted by Gasteiger charge is 2.34. The van der Waals surface area contributed by atoms with Crippen LogP contribution in [-0.2, 0) is 6.54 Å². The van der Waals surface area contributed by atoms with Crippen molar-refractivity contribution in [3.05, 3.63) is 87.8 Å². The number of methoxy groups -OCH3 is 1. The van der Waals surface area contributed by atoms with Crippen LogP contribution in [0.1, 0.15) is 41.1 Å². The molecular formula is C29H34N4O4. The van der Waals surface area contributed by atoms with E-state index in [1.165, 1.54) is 5.56 Å². The second kappa shape index (κ2) is 10.2. The monoisotopic (exact) mass is 502 g/mol. The SMILES string of the molecule is COc1ccc(C2CNNC2c2ccc(OCCN3CC4CC(C3)c3cccc(=O)n3C4)cc2O)cc1. The van der Waals surface area contributed by atoms with E-state index in [1.54, 1.807) is 19.2 Å². The van der Waals surface area contributed by atoms with Crippen molar-refractivity contribution in [2.24, 2.45) is 5.92 Å². The zero-order valence-corrected chi connectivity index (χ0v) is 21.1. The summed E-state index contributed by atoms with van der Waals surface area (Å²) in [6, 6.07) is 19.3. The van der Waals surface area contributed by atoms with Crippen LogP contribution >= 0.6 is 0 Å². The number of pyridine rings is 1. The van der Waals surface area contributed by atoms with E-state index in [1.807, 2.05) is 34.9 Å². The molecule has 2 saturated heterocycles. The van der Waals surface area contributed by atoms with Crippen LogP contribution in [0.3, 0.4) is 0 Å². The number of nitrogens with one attached hydrogen (secondary N) is 2. The lowest BCUT2D eigenvalue weighted by Crippen LogP contribution is -2.48. The second-order valence-corrected chi connectivity index (χ2v) is 10.4. The van der Waals surface area contributed by atoms with Crippen LogP contribution in [0.5, 0.6) is 17.2 Å². The number of likely N-dealkylation sites (tertiary alicyclic amines) is 1. The molecule has 37 heavy (non-hydrogen) atoms. The molecule has 4 heterocycles. The molecule has 3 N–H and O–H groups in total. The average Bonchev–Trinajstić information content (AvgIpc) is 3.39. The van der Waals surface area contributed by atoms with E-state index in [0.717, 1.165) is 56.2 Å². The first-order valence-electron chi connectivity index (χ1n) is 13.1. The maximum atomic E-state index is 12.3. The molecule has 194 valence electrons. The van der Waals surface area contributed by atoms with E-state index in [4.69, 9.17) is 9.47 Å². The van der Waals surface area contributed by atoms with Crippen LogP contribution in [0.4, 0.5) is 0 Å². The Hall–Kier alpha value is -3.33. The van der Waals surface area contributed by atoms with Gasteiger partial charge >= 0.3 is 0 Å². The number of benzene rings is 2. The Morgan fingerprint density at radius 3 is 2.68 bits per heavy atom. The normalized spacial score (nSPS) is 25.0. The number of phenolic OH excluding ortho intramolecular Hbond substituents is 1. The number of rotatable bonds is 7. The van der Waals surface area contributed by atoms with E-state index in [0.29, 0.717) is 24.2 Å². The Kier molecular flexibility index (Phi) is 6.63. The fourth-order valence-corrected chi connectivity index (χ4v) is 6.30. The van der Waals surface area contributed by atoms with E-state index in [2.05, 4.69) is 34.0 Å². The lowest BCUT2D eigenvalue weighted by molar-refractivity contribution is 0.104. The highest BCUT2D eigenvalue weighted by atomic mass is 16.5. The summed E-state index contributed by atoms with van der Waals surface area (Å²) in [7, 11) is 1.67. The molecule has 1 aromatic heterocycles. The number of piperidine rings is 1. The van der Waals surface area contributed by atoms with Gasteiger partial charge in [0.25, 0.3) is 5.56 Å². The van der Waals surface area contributed by atoms with Crippen molar-refractivity contribution in [3.63, 3.8) is 0 Å². The summed E-state index contributed by atoms with van der Waals surface area (Å²) in [6.07, 6.45) is 1.15. The molecule has 4 unspecified atom stereocenters. The van der Waals surface area contributed by atoms with Crippen LogP contribution in [0.25, 0.3) is 0 Å². The quantitative estimate of drug-likeness (QED) is 0.458. The zero-order chi connectivity index (χ0) is 25.4. The van der Waals surface area contributed by atoms with Crippen molar-refractivity contribution >= 4 is 0 Å². The number of phenols is 1. The Morgan fingerprint density at radius 2 is 1.86 bits per heavy atom. The van der Waals surface area contributed by atoms with Crippen LogP contribution in [0.15, 0.2) is 65.5 Å². The lowest BCUT2D eigenvalue weighted by atomic mass is 9.83. The average molecular weight is 503 g/mol. The Balaban J connectivity index is 1.07. The molecule has 0 saturated carbocycles. The summed E-state index contributed by atoms with van der Waals surface area (Å²) >= 11 is 0. The summed E-state index contributed by atoms with van der Waals surface area (Å²) in [5.41, 5.74) is 9.86. The molecule has 2 aromatic carbocycles. The van der Waals surface area contributed by atoms with Gasteiger partial charge in [0.2, 0.25) is 0 Å². The fraction of sp³-hybridized carbons (Fsp3) is 0.414. The molecule has 8 nitrogen and oxygen atoms in total. The first-order valence-corrected chi connectivity index (χ1v) is 13.1. The van der Waals surface area contributed by atoms with Gasteiger partial charge in [-0.2, -0.15) is 0 Å². The minimum atomic E-state index is -0.0504. The predicted octanol–water partition coefficient (Wildman–Crippen LogP) is 2.99. The maximum absolute atomic E-state index is 12.3. The van der Waals surface area contributed by atoms with Gasteiger partial charge in [-0.15, -0.1) is 0 Å². The highest BCUT2D eigenvalue weighted by Crippen LogP contribution is 2.39. The Bertz CT molecular complexity index is 1310. The lowest BCUT2D eigenvalue weighted by Gasteiger charge is -2.42. The molecular weight excluding hydrogens is 468 g/mol. The number of aromatic nitrogens is 1. The second-order valence-electron chi connectivity index (χ2n) is 10.4. The van der Waals surface area contributed by atoms with Crippen LogP contribution in [0.2, 0.25) is 0 Å². The zero-order valence-electron chi connectivity index (χ0n) is 21.1. The maximum Gasteiger partial charge on any atom is 0.250 e. The third-order valence-corrected chi connectivity index (χ3v) is 8.09. The number of hydrogen-bond donors (Lipinski definition) is 3. The molecule has 0 spiro atoms. The van der Waals surface area contributed by atoms with Gasteiger partial charge in [-0.1, -0.05) is 24.3 Å². The number of aromatic hydroxyl groups is 1. The first kappa shape index (κ1) is 24.0.